The SMILES string of the molecule is CC(C)C1(O)CN(C(=O)c2csc(-c3ccsc3)n2)C1. The van der Waals surface area contributed by atoms with Gasteiger partial charge in [-0.15, -0.1) is 11.3 Å². The molecule has 1 saturated heterocycles. The maximum Gasteiger partial charge on any atom is 0.273 e. The first kappa shape index (κ1) is 13.7. The van der Waals surface area contributed by atoms with E-state index in [-0.39, 0.29) is 11.8 Å². The van der Waals surface area contributed by atoms with Crippen LogP contribution in [0.3, 0.4) is 0 Å². The first-order valence-corrected chi connectivity index (χ1v) is 8.31. The minimum atomic E-state index is -0.734. The molecule has 6 heteroatoms. The fraction of sp³-hybridized carbons (Fsp3) is 0.429. The van der Waals surface area contributed by atoms with Gasteiger partial charge in [-0.05, 0) is 17.4 Å². The molecule has 3 rings (SSSR count). The normalized spacial score (nSPS) is 17.3. The van der Waals surface area contributed by atoms with Crippen LogP contribution in [-0.2, 0) is 0 Å². The highest BCUT2D eigenvalue weighted by molar-refractivity contribution is 7.14. The molecule has 2 aromatic heterocycles. The Bertz CT molecular complexity index is 613. The van der Waals surface area contributed by atoms with E-state index in [1.54, 1.807) is 21.6 Å². The van der Waals surface area contributed by atoms with Crippen LogP contribution in [0.4, 0.5) is 0 Å². The fourth-order valence-corrected chi connectivity index (χ4v) is 3.68. The Morgan fingerprint density at radius 2 is 2.20 bits per heavy atom. The van der Waals surface area contributed by atoms with Crippen molar-refractivity contribution in [3.05, 3.63) is 27.9 Å². The molecule has 1 aliphatic heterocycles. The Morgan fingerprint density at radius 3 is 2.80 bits per heavy atom. The van der Waals surface area contributed by atoms with Crippen molar-refractivity contribution in [2.24, 2.45) is 5.92 Å². The second-order valence-electron chi connectivity index (χ2n) is 5.47. The van der Waals surface area contributed by atoms with E-state index in [1.807, 2.05) is 30.7 Å². The number of likely N-dealkylation sites (tertiary alicyclic amines) is 1. The van der Waals surface area contributed by atoms with Crippen LogP contribution in [0.2, 0.25) is 0 Å². The number of nitrogens with zero attached hydrogens (tertiary/aromatic N) is 2. The molecule has 1 amide bonds. The van der Waals surface area contributed by atoms with Crippen molar-refractivity contribution in [3.8, 4) is 10.6 Å². The summed E-state index contributed by atoms with van der Waals surface area (Å²) in [5, 5.41) is 16.9. The molecule has 0 bridgehead atoms. The molecule has 1 N–H and O–H groups in total. The number of amides is 1. The van der Waals surface area contributed by atoms with E-state index in [1.165, 1.54) is 11.3 Å². The van der Waals surface area contributed by atoms with E-state index in [9.17, 15) is 9.90 Å². The summed E-state index contributed by atoms with van der Waals surface area (Å²) in [4.78, 5) is 18.3. The van der Waals surface area contributed by atoms with E-state index in [4.69, 9.17) is 0 Å². The van der Waals surface area contributed by atoms with Gasteiger partial charge in [0.1, 0.15) is 16.3 Å². The molecule has 0 saturated carbocycles. The molecular formula is C14H16N2O2S2. The number of thiophene rings is 1. The zero-order valence-electron chi connectivity index (χ0n) is 11.4. The molecule has 0 aliphatic carbocycles. The number of rotatable bonds is 3. The Kier molecular flexibility index (Phi) is 3.40. The first-order chi connectivity index (χ1) is 9.49. The monoisotopic (exact) mass is 308 g/mol. The second kappa shape index (κ2) is 4.95. The number of aliphatic hydroxyl groups is 1. The number of aromatic nitrogens is 1. The van der Waals surface area contributed by atoms with Crippen LogP contribution in [0, 0.1) is 5.92 Å². The van der Waals surface area contributed by atoms with Gasteiger partial charge in [-0.1, -0.05) is 13.8 Å². The highest BCUT2D eigenvalue weighted by atomic mass is 32.1. The van der Waals surface area contributed by atoms with E-state index in [0.29, 0.717) is 18.8 Å². The summed E-state index contributed by atoms with van der Waals surface area (Å²) < 4.78 is 0. The van der Waals surface area contributed by atoms with Crippen molar-refractivity contribution in [3.63, 3.8) is 0 Å². The third kappa shape index (κ3) is 2.28. The molecule has 1 fully saturated rings. The van der Waals surface area contributed by atoms with Gasteiger partial charge in [0.25, 0.3) is 5.91 Å². The Balaban J connectivity index is 1.71. The summed E-state index contributed by atoms with van der Waals surface area (Å²) in [7, 11) is 0. The first-order valence-electron chi connectivity index (χ1n) is 6.49. The number of hydrogen-bond donors (Lipinski definition) is 1. The zero-order chi connectivity index (χ0) is 14.3. The summed E-state index contributed by atoms with van der Waals surface area (Å²) in [5.74, 6) is 0.0661. The quantitative estimate of drug-likeness (QED) is 0.948. The number of hydrogen-bond acceptors (Lipinski definition) is 5. The minimum Gasteiger partial charge on any atom is -0.386 e. The fourth-order valence-electron chi connectivity index (χ4n) is 2.18. The lowest BCUT2D eigenvalue weighted by Gasteiger charge is -2.48. The van der Waals surface area contributed by atoms with Crippen LogP contribution in [0.5, 0.6) is 0 Å². The molecule has 3 heterocycles. The number of thiazole rings is 1. The molecular weight excluding hydrogens is 292 g/mol. The number of carbonyl (C=O) groups is 1. The third-order valence-electron chi connectivity index (χ3n) is 3.78. The van der Waals surface area contributed by atoms with E-state index in [2.05, 4.69) is 4.98 Å². The van der Waals surface area contributed by atoms with Gasteiger partial charge in [-0.3, -0.25) is 4.79 Å². The van der Waals surface area contributed by atoms with Gasteiger partial charge < -0.3 is 10.0 Å². The van der Waals surface area contributed by atoms with Gasteiger partial charge in [0, 0.05) is 16.3 Å². The molecule has 106 valence electrons. The highest BCUT2D eigenvalue weighted by Gasteiger charge is 2.46. The molecule has 0 unspecified atom stereocenters. The van der Waals surface area contributed by atoms with Crippen LogP contribution in [-0.4, -0.2) is 39.6 Å². The molecule has 2 aromatic rings. The third-order valence-corrected chi connectivity index (χ3v) is 5.36. The van der Waals surface area contributed by atoms with Gasteiger partial charge in [-0.25, -0.2) is 4.98 Å². The summed E-state index contributed by atoms with van der Waals surface area (Å²) in [6.45, 7) is 4.74. The largest absolute Gasteiger partial charge is 0.386 e. The van der Waals surface area contributed by atoms with Gasteiger partial charge in [0.05, 0.1) is 13.1 Å². The lowest BCUT2D eigenvalue weighted by Crippen LogP contribution is -2.66. The smallest absolute Gasteiger partial charge is 0.273 e. The standard InChI is InChI=1S/C14H16N2O2S2/c1-9(2)14(18)7-16(8-14)13(17)11-6-20-12(15-11)10-3-4-19-5-10/h3-6,9,18H,7-8H2,1-2H3. The van der Waals surface area contributed by atoms with Gasteiger partial charge >= 0.3 is 0 Å². The average Bonchev–Trinajstić information content (AvgIpc) is 3.03. The zero-order valence-corrected chi connectivity index (χ0v) is 13.0. The highest BCUT2D eigenvalue weighted by Crippen LogP contribution is 2.31. The molecule has 20 heavy (non-hydrogen) atoms. The van der Waals surface area contributed by atoms with Crippen molar-refractivity contribution >= 4 is 28.6 Å². The summed E-state index contributed by atoms with van der Waals surface area (Å²) >= 11 is 3.09. The molecule has 0 spiro atoms. The second-order valence-corrected chi connectivity index (χ2v) is 7.11. The number of β-amino-alcohol motifs (C(OH)–C–C–N with tert-alkyl or cyclic N) is 1. The summed E-state index contributed by atoms with van der Waals surface area (Å²) in [6, 6.07) is 2.00. The summed E-state index contributed by atoms with van der Waals surface area (Å²) in [5.41, 5.74) is 0.797. The molecule has 0 radical (unpaired) electrons. The van der Waals surface area contributed by atoms with Crippen LogP contribution in [0.15, 0.2) is 22.2 Å². The number of carbonyl (C=O) groups excluding carboxylic acids is 1. The van der Waals surface area contributed by atoms with E-state index < -0.39 is 5.60 Å². The van der Waals surface area contributed by atoms with Crippen molar-refractivity contribution in [2.45, 2.75) is 19.4 Å². The van der Waals surface area contributed by atoms with Crippen molar-refractivity contribution in [2.75, 3.05) is 13.1 Å². The topological polar surface area (TPSA) is 53.4 Å². The van der Waals surface area contributed by atoms with Crippen LogP contribution >= 0.6 is 22.7 Å². The van der Waals surface area contributed by atoms with E-state index >= 15 is 0 Å². The maximum absolute atomic E-state index is 12.3. The lowest BCUT2D eigenvalue weighted by atomic mass is 9.83. The van der Waals surface area contributed by atoms with Crippen molar-refractivity contribution in [1.82, 2.24) is 9.88 Å². The minimum absolute atomic E-state index is 0.0898. The molecule has 0 atom stereocenters. The average molecular weight is 308 g/mol. The Morgan fingerprint density at radius 1 is 1.45 bits per heavy atom. The van der Waals surface area contributed by atoms with Crippen LogP contribution in [0.25, 0.3) is 10.6 Å². The Labute approximate surface area is 125 Å². The van der Waals surface area contributed by atoms with Gasteiger partial charge in [0.2, 0.25) is 0 Å². The van der Waals surface area contributed by atoms with Crippen molar-refractivity contribution < 1.29 is 9.90 Å². The van der Waals surface area contributed by atoms with E-state index in [0.717, 1.165) is 10.6 Å². The maximum atomic E-state index is 12.3. The predicted molar refractivity (Wildman–Crippen MR) is 81.1 cm³/mol. The predicted octanol–water partition coefficient (Wildman–Crippen LogP) is 2.71. The van der Waals surface area contributed by atoms with Crippen molar-refractivity contribution in [1.29, 1.82) is 0 Å². The molecule has 1 aliphatic rings. The van der Waals surface area contributed by atoms with Gasteiger partial charge in [-0.2, -0.15) is 11.3 Å². The van der Waals surface area contributed by atoms with Crippen LogP contribution < -0.4 is 0 Å². The lowest BCUT2D eigenvalue weighted by molar-refractivity contribution is -0.111. The summed E-state index contributed by atoms with van der Waals surface area (Å²) in [6.07, 6.45) is 0. The van der Waals surface area contributed by atoms with Gasteiger partial charge in [0.15, 0.2) is 0 Å². The molecule has 4 nitrogen and oxygen atoms in total. The van der Waals surface area contributed by atoms with Crippen LogP contribution in [0.1, 0.15) is 24.3 Å². The Hall–Kier alpha value is -1.24. The molecule has 0 aromatic carbocycles.